The van der Waals surface area contributed by atoms with Crippen LogP contribution in [0.4, 0.5) is 0 Å². The van der Waals surface area contributed by atoms with Crippen molar-refractivity contribution in [2.24, 2.45) is 5.92 Å². The van der Waals surface area contributed by atoms with Gasteiger partial charge in [0.25, 0.3) is 5.91 Å². The SMILES string of the molecule is CC1=C(c2cc(C(=O)N3CC(c4ccc(C#N)cc4)C3)c(C)cc2C)NC(C(C)C)N1. The number of carbonyl (C=O) groups excluding carboxylic acids is 1. The molecule has 2 heterocycles. The molecule has 4 rings (SSSR count). The van der Waals surface area contributed by atoms with Crippen molar-refractivity contribution >= 4 is 11.6 Å². The lowest BCUT2D eigenvalue weighted by Gasteiger charge is -2.40. The highest BCUT2D eigenvalue weighted by Crippen LogP contribution is 2.32. The van der Waals surface area contributed by atoms with Crippen LogP contribution >= 0.6 is 0 Å². The van der Waals surface area contributed by atoms with Crippen LogP contribution in [0.5, 0.6) is 0 Å². The number of aryl methyl sites for hydroxylation is 2. The maximum atomic E-state index is 13.3. The Morgan fingerprint density at radius 3 is 2.32 bits per heavy atom. The van der Waals surface area contributed by atoms with E-state index in [1.54, 1.807) is 0 Å². The first-order valence-electron chi connectivity index (χ1n) is 10.9. The van der Waals surface area contributed by atoms with Crippen LogP contribution in [0.1, 0.15) is 64.9 Å². The van der Waals surface area contributed by atoms with Crippen molar-refractivity contribution in [1.82, 2.24) is 15.5 Å². The number of hydrogen-bond acceptors (Lipinski definition) is 4. The molecule has 1 saturated heterocycles. The number of amides is 1. The van der Waals surface area contributed by atoms with E-state index in [1.165, 1.54) is 11.1 Å². The van der Waals surface area contributed by atoms with E-state index in [-0.39, 0.29) is 12.1 Å². The molecule has 0 aliphatic carbocycles. The van der Waals surface area contributed by atoms with Gasteiger partial charge in [-0.3, -0.25) is 4.79 Å². The highest BCUT2D eigenvalue weighted by molar-refractivity contribution is 5.97. The number of allylic oxidation sites excluding steroid dienone is 1. The number of nitrogens with one attached hydrogen (secondary N) is 2. The predicted octanol–water partition coefficient (Wildman–Crippen LogP) is 4.28. The van der Waals surface area contributed by atoms with Gasteiger partial charge >= 0.3 is 0 Å². The molecule has 0 saturated carbocycles. The standard InChI is InChI=1S/C26H30N4O/c1-15(2)25-28-18(5)24(29-25)22-11-23(17(4)10-16(22)3)26(31)30-13-21(14-30)20-8-6-19(12-27)7-9-20/h6-11,15,21,25,28-29H,13-14H2,1-5H3. The van der Waals surface area contributed by atoms with Gasteiger partial charge < -0.3 is 15.5 Å². The summed E-state index contributed by atoms with van der Waals surface area (Å²) in [4.78, 5) is 15.2. The van der Waals surface area contributed by atoms with Crippen LogP contribution in [-0.2, 0) is 0 Å². The minimum atomic E-state index is 0.0910. The van der Waals surface area contributed by atoms with Gasteiger partial charge in [-0.05, 0) is 61.6 Å². The Morgan fingerprint density at radius 1 is 1.06 bits per heavy atom. The van der Waals surface area contributed by atoms with Gasteiger partial charge in [0.1, 0.15) is 0 Å². The Balaban J connectivity index is 1.52. The lowest BCUT2D eigenvalue weighted by molar-refractivity contribution is 0.0601. The Hall–Kier alpha value is -3.26. The molecule has 0 radical (unpaired) electrons. The molecular formula is C26H30N4O. The first kappa shape index (κ1) is 21.0. The zero-order valence-electron chi connectivity index (χ0n) is 18.9. The number of hydrogen-bond donors (Lipinski definition) is 2. The molecule has 2 N–H and O–H groups in total. The maximum Gasteiger partial charge on any atom is 0.254 e. The van der Waals surface area contributed by atoms with Crippen molar-refractivity contribution in [3.8, 4) is 6.07 Å². The first-order chi connectivity index (χ1) is 14.8. The number of likely N-dealkylation sites (tertiary alicyclic amines) is 1. The normalized spacial score (nSPS) is 18.5. The Labute approximate surface area is 184 Å². The van der Waals surface area contributed by atoms with E-state index in [0.717, 1.165) is 28.1 Å². The van der Waals surface area contributed by atoms with Crippen LogP contribution in [0.25, 0.3) is 5.70 Å². The van der Waals surface area contributed by atoms with E-state index in [1.807, 2.05) is 36.1 Å². The average Bonchev–Trinajstić information content (AvgIpc) is 3.09. The summed E-state index contributed by atoms with van der Waals surface area (Å²) in [5.74, 6) is 0.882. The number of nitriles is 1. The van der Waals surface area contributed by atoms with Crippen LogP contribution in [0, 0.1) is 31.1 Å². The molecular weight excluding hydrogens is 384 g/mol. The van der Waals surface area contributed by atoms with Gasteiger partial charge in [0.05, 0.1) is 23.5 Å². The molecule has 1 fully saturated rings. The fourth-order valence-corrected chi connectivity index (χ4v) is 4.43. The number of rotatable bonds is 4. The summed E-state index contributed by atoms with van der Waals surface area (Å²) in [6.07, 6.45) is 0.207. The van der Waals surface area contributed by atoms with E-state index in [9.17, 15) is 4.79 Å². The predicted molar refractivity (Wildman–Crippen MR) is 123 cm³/mol. The average molecular weight is 415 g/mol. The molecule has 2 aromatic carbocycles. The fourth-order valence-electron chi connectivity index (χ4n) is 4.43. The molecule has 1 amide bonds. The largest absolute Gasteiger partial charge is 0.367 e. The number of nitrogens with zero attached hydrogens (tertiary/aromatic N) is 2. The van der Waals surface area contributed by atoms with Crippen molar-refractivity contribution in [2.75, 3.05) is 13.1 Å². The van der Waals surface area contributed by atoms with Gasteiger partial charge in [-0.1, -0.05) is 32.0 Å². The Morgan fingerprint density at radius 2 is 1.74 bits per heavy atom. The van der Waals surface area contributed by atoms with Gasteiger partial charge in [0, 0.05) is 35.8 Å². The third-order valence-electron chi connectivity index (χ3n) is 6.46. The molecule has 2 aliphatic heterocycles. The third kappa shape index (κ3) is 3.90. The van der Waals surface area contributed by atoms with Gasteiger partial charge in [-0.2, -0.15) is 5.26 Å². The van der Waals surface area contributed by atoms with E-state index in [0.29, 0.717) is 30.5 Å². The molecule has 0 spiro atoms. The molecule has 0 aromatic heterocycles. The van der Waals surface area contributed by atoms with E-state index >= 15 is 0 Å². The van der Waals surface area contributed by atoms with Crippen LogP contribution in [0.3, 0.4) is 0 Å². The topological polar surface area (TPSA) is 68.2 Å². The Kier molecular flexibility index (Phi) is 5.49. The number of carbonyl (C=O) groups is 1. The fraction of sp³-hybridized carbons (Fsp3) is 0.385. The Bertz CT molecular complexity index is 1090. The van der Waals surface area contributed by atoms with E-state index in [2.05, 4.69) is 56.5 Å². The maximum absolute atomic E-state index is 13.3. The van der Waals surface area contributed by atoms with Crippen LogP contribution in [-0.4, -0.2) is 30.1 Å². The zero-order chi connectivity index (χ0) is 22.3. The summed E-state index contributed by atoms with van der Waals surface area (Å²) in [5.41, 5.74) is 8.10. The lowest BCUT2D eigenvalue weighted by Crippen LogP contribution is -2.48. The second-order valence-corrected chi connectivity index (χ2v) is 9.13. The van der Waals surface area contributed by atoms with E-state index < -0.39 is 0 Å². The smallest absolute Gasteiger partial charge is 0.254 e. The summed E-state index contributed by atoms with van der Waals surface area (Å²) in [6, 6.07) is 14.0. The second-order valence-electron chi connectivity index (χ2n) is 9.13. The molecule has 1 unspecified atom stereocenters. The molecule has 160 valence electrons. The molecule has 2 aliphatic rings. The highest BCUT2D eigenvalue weighted by atomic mass is 16.2. The zero-order valence-corrected chi connectivity index (χ0v) is 18.9. The summed E-state index contributed by atoms with van der Waals surface area (Å²) >= 11 is 0. The minimum Gasteiger partial charge on any atom is -0.367 e. The molecule has 31 heavy (non-hydrogen) atoms. The first-order valence-corrected chi connectivity index (χ1v) is 10.9. The van der Waals surface area contributed by atoms with Crippen molar-refractivity contribution in [2.45, 2.75) is 46.7 Å². The second kappa shape index (κ2) is 8.11. The molecule has 5 heteroatoms. The van der Waals surface area contributed by atoms with Gasteiger partial charge in [0.15, 0.2) is 0 Å². The summed E-state index contributed by atoms with van der Waals surface area (Å²) in [5, 5.41) is 16.1. The molecule has 1 atom stereocenters. The highest BCUT2D eigenvalue weighted by Gasteiger charge is 2.33. The van der Waals surface area contributed by atoms with Crippen molar-refractivity contribution in [3.63, 3.8) is 0 Å². The van der Waals surface area contributed by atoms with Gasteiger partial charge in [-0.25, -0.2) is 0 Å². The van der Waals surface area contributed by atoms with Gasteiger partial charge in [-0.15, -0.1) is 0 Å². The lowest BCUT2D eigenvalue weighted by atomic mass is 9.89. The van der Waals surface area contributed by atoms with E-state index in [4.69, 9.17) is 5.26 Å². The summed E-state index contributed by atoms with van der Waals surface area (Å²) < 4.78 is 0. The van der Waals surface area contributed by atoms with Gasteiger partial charge in [0.2, 0.25) is 0 Å². The third-order valence-corrected chi connectivity index (χ3v) is 6.46. The molecule has 0 bridgehead atoms. The molecule has 5 nitrogen and oxygen atoms in total. The monoisotopic (exact) mass is 414 g/mol. The minimum absolute atomic E-state index is 0.0910. The summed E-state index contributed by atoms with van der Waals surface area (Å²) in [6.45, 7) is 12.0. The molecule has 2 aromatic rings. The summed E-state index contributed by atoms with van der Waals surface area (Å²) in [7, 11) is 0. The quantitative estimate of drug-likeness (QED) is 0.784. The van der Waals surface area contributed by atoms with Crippen molar-refractivity contribution in [3.05, 3.63) is 75.5 Å². The number of benzene rings is 2. The van der Waals surface area contributed by atoms with Crippen molar-refractivity contribution in [1.29, 1.82) is 5.26 Å². The van der Waals surface area contributed by atoms with Crippen molar-refractivity contribution < 1.29 is 4.79 Å². The van der Waals surface area contributed by atoms with Crippen LogP contribution in [0.15, 0.2) is 42.1 Å². The van der Waals surface area contributed by atoms with Crippen LogP contribution in [0.2, 0.25) is 0 Å². The van der Waals surface area contributed by atoms with Crippen LogP contribution < -0.4 is 10.6 Å².